The number of nitrogens with zero attached hydrogens (tertiary/aromatic N) is 5. The highest BCUT2D eigenvalue weighted by molar-refractivity contribution is 5.96. The van der Waals surface area contributed by atoms with Crippen LogP contribution in [0.3, 0.4) is 0 Å². The lowest BCUT2D eigenvalue weighted by Crippen LogP contribution is -2.42. The lowest BCUT2D eigenvalue weighted by molar-refractivity contribution is -0.116. The van der Waals surface area contributed by atoms with Crippen LogP contribution in [0.15, 0.2) is 70.1 Å². The van der Waals surface area contributed by atoms with E-state index in [1.165, 1.54) is 16.0 Å². The fraction of sp³-hybridized carbons (Fsp3) is 0.300. The van der Waals surface area contributed by atoms with Crippen molar-refractivity contribution in [2.24, 2.45) is 0 Å². The summed E-state index contributed by atoms with van der Waals surface area (Å²) >= 11 is 0. The Morgan fingerprint density at radius 3 is 2.45 bits per heavy atom. The molecule has 0 spiro atoms. The molecule has 0 aliphatic carbocycles. The summed E-state index contributed by atoms with van der Waals surface area (Å²) in [5.41, 5.74) is 1.80. The fourth-order valence-corrected chi connectivity index (χ4v) is 4.29. The molecule has 0 bridgehead atoms. The number of carbonyl (C=O) groups excluding carboxylic acids is 3. The lowest BCUT2D eigenvalue weighted by Gasteiger charge is -2.25. The van der Waals surface area contributed by atoms with E-state index in [-0.39, 0.29) is 42.2 Å². The summed E-state index contributed by atoms with van der Waals surface area (Å²) in [6, 6.07) is 13.5. The van der Waals surface area contributed by atoms with Crippen LogP contribution in [0.4, 0.5) is 16.5 Å². The predicted molar refractivity (Wildman–Crippen MR) is 158 cm³/mol. The van der Waals surface area contributed by atoms with Gasteiger partial charge in [0.2, 0.25) is 5.91 Å². The van der Waals surface area contributed by atoms with Crippen molar-refractivity contribution in [3.8, 4) is 0 Å². The highest BCUT2D eigenvalue weighted by Crippen LogP contribution is 2.24. The number of nitrogens with one attached hydrogen (secondary N) is 2. The third kappa shape index (κ3) is 7.33. The standard InChI is InChI=1S/C30H33N7O5/c1-4-37(30(41)36(3)19-15-21-10-5-7-16-31-21)29-35-23-14-13-22(20(2)26(23)28(40)42-29)34-25(38)12-9-18-33-27(39)24-11-6-8-17-32-24/h5-8,10-11,13-14,16-17H,4,9,12,15,18-19H2,1-3H3,(H,33,39)(H,34,38). The van der Waals surface area contributed by atoms with Crippen molar-refractivity contribution in [1.82, 2.24) is 25.2 Å². The van der Waals surface area contributed by atoms with Gasteiger partial charge in [-0.25, -0.2) is 14.5 Å². The average Bonchev–Trinajstić information content (AvgIpc) is 3.00. The number of urea groups is 1. The molecular formula is C30H33N7O5. The van der Waals surface area contributed by atoms with Crippen molar-refractivity contribution in [2.75, 3.05) is 36.9 Å². The molecule has 0 radical (unpaired) electrons. The van der Waals surface area contributed by atoms with Gasteiger partial charge in [0.15, 0.2) is 0 Å². The summed E-state index contributed by atoms with van der Waals surface area (Å²) in [5, 5.41) is 5.76. The van der Waals surface area contributed by atoms with Crippen LogP contribution >= 0.6 is 0 Å². The molecule has 0 atom stereocenters. The summed E-state index contributed by atoms with van der Waals surface area (Å²) in [7, 11) is 1.67. The summed E-state index contributed by atoms with van der Waals surface area (Å²) in [6.45, 7) is 4.43. The predicted octanol–water partition coefficient (Wildman–Crippen LogP) is 3.56. The number of likely N-dealkylation sites (N-methyl/N-ethyl adjacent to an activating group) is 1. The largest absolute Gasteiger partial charge is 0.388 e. The quantitative estimate of drug-likeness (QED) is 0.260. The van der Waals surface area contributed by atoms with Gasteiger partial charge < -0.3 is 20.0 Å². The molecule has 42 heavy (non-hydrogen) atoms. The minimum absolute atomic E-state index is 0.103. The molecule has 218 valence electrons. The second kappa shape index (κ2) is 14.0. The number of aromatic nitrogens is 3. The summed E-state index contributed by atoms with van der Waals surface area (Å²) < 4.78 is 5.50. The fourth-order valence-electron chi connectivity index (χ4n) is 4.29. The van der Waals surface area contributed by atoms with Gasteiger partial charge in [-0.2, -0.15) is 4.98 Å². The van der Waals surface area contributed by atoms with Gasteiger partial charge in [0.1, 0.15) is 5.69 Å². The minimum Gasteiger partial charge on any atom is -0.388 e. The number of pyridine rings is 2. The first kappa shape index (κ1) is 29.8. The molecule has 0 saturated carbocycles. The normalized spacial score (nSPS) is 10.7. The van der Waals surface area contributed by atoms with Crippen LogP contribution in [-0.4, -0.2) is 64.4 Å². The second-order valence-electron chi connectivity index (χ2n) is 9.56. The van der Waals surface area contributed by atoms with Gasteiger partial charge in [0.25, 0.3) is 5.91 Å². The monoisotopic (exact) mass is 571 g/mol. The van der Waals surface area contributed by atoms with Crippen molar-refractivity contribution in [3.63, 3.8) is 0 Å². The molecular weight excluding hydrogens is 538 g/mol. The zero-order chi connectivity index (χ0) is 30.1. The van der Waals surface area contributed by atoms with E-state index in [4.69, 9.17) is 4.42 Å². The van der Waals surface area contributed by atoms with Crippen LogP contribution in [0.5, 0.6) is 0 Å². The van der Waals surface area contributed by atoms with Crippen molar-refractivity contribution in [1.29, 1.82) is 0 Å². The van der Waals surface area contributed by atoms with E-state index in [0.717, 1.165) is 5.69 Å². The lowest BCUT2D eigenvalue weighted by atomic mass is 10.1. The Bertz CT molecular complexity index is 1610. The van der Waals surface area contributed by atoms with Crippen LogP contribution in [0.2, 0.25) is 0 Å². The van der Waals surface area contributed by atoms with E-state index < -0.39 is 5.63 Å². The topological polar surface area (TPSA) is 151 Å². The van der Waals surface area contributed by atoms with Crippen molar-refractivity contribution < 1.29 is 18.8 Å². The molecule has 0 unspecified atom stereocenters. The minimum atomic E-state index is -0.664. The maximum atomic E-state index is 13.2. The molecule has 0 saturated heterocycles. The Kier molecular flexibility index (Phi) is 9.93. The molecule has 0 aliphatic heterocycles. The van der Waals surface area contributed by atoms with E-state index >= 15 is 0 Å². The molecule has 3 heterocycles. The summed E-state index contributed by atoms with van der Waals surface area (Å²) in [6.07, 6.45) is 4.39. The van der Waals surface area contributed by atoms with Gasteiger partial charge in [0, 0.05) is 63.3 Å². The zero-order valence-corrected chi connectivity index (χ0v) is 23.8. The molecule has 12 heteroatoms. The van der Waals surface area contributed by atoms with Crippen molar-refractivity contribution >= 4 is 40.5 Å². The third-order valence-corrected chi connectivity index (χ3v) is 6.62. The smallest absolute Gasteiger partial charge is 0.348 e. The third-order valence-electron chi connectivity index (χ3n) is 6.62. The van der Waals surface area contributed by atoms with Crippen LogP contribution < -0.4 is 21.2 Å². The van der Waals surface area contributed by atoms with Crippen LogP contribution in [0.25, 0.3) is 10.9 Å². The number of fused-ring (bicyclic) bond motifs is 1. The zero-order valence-electron chi connectivity index (χ0n) is 23.8. The van der Waals surface area contributed by atoms with Gasteiger partial charge in [-0.05, 0) is 62.2 Å². The maximum absolute atomic E-state index is 13.2. The Labute approximate surface area is 242 Å². The SMILES string of the molecule is CCN(C(=O)N(C)CCc1ccccn1)c1nc2ccc(NC(=O)CCCNC(=O)c3ccccn3)c(C)c2c(=O)o1. The highest BCUT2D eigenvalue weighted by Gasteiger charge is 2.24. The van der Waals surface area contributed by atoms with Crippen LogP contribution in [0.1, 0.15) is 41.5 Å². The Morgan fingerprint density at radius 1 is 1.00 bits per heavy atom. The molecule has 0 aliphatic rings. The number of amides is 4. The number of benzene rings is 1. The second-order valence-corrected chi connectivity index (χ2v) is 9.56. The molecule has 0 fully saturated rings. The molecule has 2 N–H and O–H groups in total. The molecule has 4 rings (SSSR count). The molecule has 3 aromatic heterocycles. The molecule has 1 aromatic carbocycles. The number of hydrogen-bond donors (Lipinski definition) is 2. The number of hydrogen-bond acceptors (Lipinski definition) is 8. The summed E-state index contributed by atoms with van der Waals surface area (Å²) in [5.74, 6) is -0.575. The first-order chi connectivity index (χ1) is 20.3. The number of carbonyl (C=O) groups is 3. The first-order valence-corrected chi connectivity index (χ1v) is 13.6. The Morgan fingerprint density at radius 2 is 1.76 bits per heavy atom. The van der Waals surface area contributed by atoms with E-state index in [1.54, 1.807) is 57.4 Å². The highest BCUT2D eigenvalue weighted by atomic mass is 16.4. The van der Waals surface area contributed by atoms with Crippen LogP contribution in [0, 0.1) is 6.92 Å². The van der Waals surface area contributed by atoms with Gasteiger partial charge in [-0.3, -0.25) is 19.6 Å². The average molecular weight is 572 g/mol. The van der Waals surface area contributed by atoms with Crippen molar-refractivity contribution in [3.05, 3.63) is 88.3 Å². The van der Waals surface area contributed by atoms with E-state index in [0.29, 0.717) is 48.4 Å². The van der Waals surface area contributed by atoms with E-state index in [9.17, 15) is 19.2 Å². The first-order valence-electron chi connectivity index (χ1n) is 13.6. The van der Waals surface area contributed by atoms with Gasteiger partial charge in [-0.15, -0.1) is 0 Å². The number of aryl methyl sites for hydroxylation is 1. The number of anilines is 2. The van der Waals surface area contributed by atoms with E-state index in [1.807, 2.05) is 18.2 Å². The van der Waals surface area contributed by atoms with Crippen LogP contribution in [-0.2, 0) is 11.2 Å². The van der Waals surface area contributed by atoms with E-state index in [2.05, 4.69) is 25.6 Å². The van der Waals surface area contributed by atoms with Gasteiger partial charge in [-0.1, -0.05) is 12.1 Å². The molecule has 12 nitrogen and oxygen atoms in total. The summed E-state index contributed by atoms with van der Waals surface area (Å²) in [4.78, 5) is 66.4. The number of rotatable bonds is 11. The Balaban J connectivity index is 1.38. The van der Waals surface area contributed by atoms with Crippen molar-refractivity contribution in [2.45, 2.75) is 33.1 Å². The Hall–Kier alpha value is -5.13. The van der Waals surface area contributed by atoms with Gasteiger partial charge in [0.05, 0.1) is 10.9 Å². The molecule has 4 amide bonds. The van der Waals surface area contributed by atoms with Gasteiger partial charge >= 0.3 is 17.7 Å². The molecule has 4 aromatic rings. The maximum Gasteiger partial charge on any atom is 0.348 e.